The van der Waals surface area contributed by atoms with E-state index in [0.717, 1.165) is 18.2 Å². The number of phenolic OH excluding ortho intramolecular Hbond substituents is 1. The highest BCUT2D eigenvalue weighted by molar-refractivity contribution is 5.92. The molecule has 0 unspecified atom stereocenters. The van der Waals surface area contributed by atoms with E-state index in [2.05, 4.69) is 4.98 Å². The first-order chi connectivity index (χ1) is 10.5. The number of carbonyl (C=O) groups excluding carboxylic acids is 1. The number of para-hydroxylation sites is 1. The highest BCUT2D eigenvalue weighted by Crippen LogP contribution is 2.21. The summed E-state index contributed by atoms with van der Waals surface area (Å²) >= 11 is 0. The molecule has 0 saturated carbocycles. The van der Waals surface area contributed by atoms with Gasteiger partial charge in [0.15, 0.2) is 5.43 Å². The van der Waals surface area contributed by atoms with Crippen LogP contribution in [0.2, 0.25) is 0 Å². The molecule has 0 atom stereocenters. The Morgan fingerprint density at radius 3 is 2.45 bits per heavy atom. The number of fused-ring (bicyclic) bond motifs is 1. The average Bonchev–Trinajstić information content (AvgIpc) is 2.80. The lowest BCUT2D eigenvalue weighted by Gasteiger charge is -2.08. The second-order valence-corrected chi connectivity index (χ2v) is 4.47. The lowest BCUT2D eigenvalue weighted by atomic mass is 10.2. The van der Waals surface area contributed by atoms with Crippen molar-refractivity contribution in [3.63, 3.8) is 0 Å². The summed E-state index contributed by atoms with van der Waals surface area (Å²) in [5.41, 5.74) is -0.646. The van der Waals surface area contributed by atoms with Crippen LogP contribution in [0.25, 0.3) is 10.9 Å². The van der Waals surface area contributed by atoms with Gasteiger partial charge in [0.05, 0.1) is 5.52 Å². The van der Waals surface area contributed by atoms with E-state index in [-0.39, 0.29) is 22.3 Å². The second kappa shape index (κ2) is 4.85. The van der Waals surface area contributed by atoms with Crippen molar-refractivity contribution in [2.75, 3.05) is 0 Å². The van der Waals surface area contributed by atoms with Gasteiger partial charge in [0.25, 0.3) is 0 Å². The van der Waals surface area contributed by atoms with Crippen molar-refractivity contribution in [3.8, 4) is 17.5 Å². The summed E-state index contributed by atoms with van der Waals surface area (Å²) in [7, 11) is 0. The van der Waals surface area contributed by atoms with Crippen molar-refractivity contribution in [3.05, 3.63) is 52.3 Å². The summed E-state index contributed by atoms with van der Waals surface area (Å²) in [6.45, 7) is 0. The Hall–Kier alpha value is -3.42. The zero-order chi connectivity index (χ0) is 15.9. The summed E-state index contributed by atoms with van der Waals surface area (Å²) in [5.74, 6) is -2.20. The number of benzene rings is 1. The van der Waals surface area contributed by atoms with E-state index < -0.39 is 23.2 Å². The fraction of sp³-hybridized carbons (Fsp3) is 0. The van der Waals surface area contributed by atoms with Gasteiger partial charge < -0.3 is 25.1 Å². The summed E-state index contributed by atoms with van der Waals surface area (Å²) in [4.78, 5) is 31.3. The predicted molar refractivity (Wildman–Crippen MR) is 74.9 cm³/mol. The van der Waals surface area contributed by atoms with E-state index in [1.807, 2.05) is 0 Å². The Kier molecular flexibility index (Phi) is 2.99. The third-order valence-corrected chi connectivity index (χ3v) is 3.03. The van der Waals surface area contributed by atoms with Gasteiger partial charge in [-0.3, -0.25) is 4.79 Å². The van der Waals surface area contributed by atoms with Gasteiger partial charge >= 0.3 is 5.97 Å². The number of rotatable bonds is 2. The summed E-state index contributed by atoms with van der Waals surface area (Å²) in [6, 6.07) is 7.60. The van der Waals surface area contributed by atoms with Crippen molar-refractivity contribution in [1.29, 1.82) is 0 Å². The van der Waals surface area contributed by atoms with E-state index in [9.17, 15) is 24.9 Å². The highest BCUT2D eigenvalue weighted by Gasteiger charge is 2.17. The van der Waals surface area contributed by atoms with Gasteiger partial charge in [0.1, 0.15) is 11.4 Å². The minimum absolute atomic E-state index is 0.0860. The van der Waals surface area contributed by atoms with Crippen LogP contribution in [0.15, 0.2) is 41.2 Å². The normalized spacial score (nSPS) is 10.7. The first kappa shape index (κ1) is 13.6. The number of aromatic amines is 1. The second-order valence-electron chi connectivity index (χ2n) is 4.47. The van der Waals surface area contributed by atoms with Crippen LogP contribution in [0.1, 0.15) is 10.5 Å². The van der Waals surface area contributed by atoms with Gasteiger partial charge in [-0.25, -0.2) is 4.79 Å². The molecule has 8 heteroatoms. The van der Waals surface area contributed by atoms with Gasteiger partial charge in [-0.15, -0.1) is 4.73 Å². The number of H-pyrrole nitrogens is 1. The maximum Gasteiger partial charge on any atom is 0.380 e. The largest absolute Gasteiger partial charge is 0.506 e. The molecule has 8 nitrogen and oxygen atoms in total. The van der Waals surface area contributed by atoms with E-state index >= 15 is 0 Å². The Labute approximate surface area is 122 Å². The number of nitrogens with zero attached hydrogens (tertiary/aromatic N) is 1. The van der Waals surface area contributed by atoms with Gasteiger partial charge in [-0.05, 0) is 12.1 Å². The number of pyridine rings is 1. The van der Waals surface area contributed by atoms with Crippen LogP contribution in [-0.4, -0.2) is 31.0 Å². The average molecular weight is 302 g/mol. The molecule has 112 valence electrons. The molecule has 2 aromatic heterocycles. The SMILES string of the molecule is O=C(On1c(O)ccc1O)c1cc(=O)c2cccc(O)c2[nH]1. The standard InChI is InChI=1S/C14H10N2O6/c17-9-3-1-2-7-10(18)6-8(15-13(7)9)14(21)22-16-11(19)4-5-12(16)20/h1-6,17,19-20H,(H,15,18). The lowest BCUT2D eigenvalue weighted by molar-refractivity contribution is 0.0375. The number of nitrogens with one attached hydrogen (secondary N) is 1. The molecule has 0 amide bonds. The third kappa shape index (κ3) is 2.12. The Morgan fingerprint density at radius 2 is 1.77 bits per heavy atom. The Balaban J connectivity index is 2.05. The van der Waals surface area contributed by atoms with Crippen LogP contribution in [0.5, 0.6) is 17.5 Å². The number of carbonyl (C=O) groups is 1. The monoisotopic (exact) mass is 302 g/mol. The highest BCUT2D eigenvalue weighted by atomic mass is 16.7. The molecule has 0 fully saturated rings. The van der Waals surface area contributed by atoms with Crippen molar-refractivity contribution in [2.24, 2.45) is 0 Å². The molecular formula is C14H10N2O6. The van der Waals surface area contributed by atoms with Crippen LogP contribution in [0.3, 0.4) is 0 Å². The number of aromatic hydroxyl groups is 3. The molecule has 0 aliphatic heterocycles. The van der Waals surface area contributed by atoms with Gasteiger partial charge in [-0.2, -0.15) is 0 Å². The summed E-state index contributed by atoms with van der Waals surface area (Å²) in [5, 5.41) is 28.8. The van der Waals surface area contributed by atoms with E-state index in [1.165, 1.54) is 18.2 Å². The minimum Gasteiger partial charge on any atom is -0.506 e. The molecule has 4 N–H and O–H groups in total. The predicted octanol–water partition coefficient (Wildman–Crippen LogP) is 0.715. The van der Waals surface area contributed by atoms with Crippen molar-refractivity contribution < 1.29 is 25.0 Å². The molecule has 0 bridgehead atoms. The van der Waals surface area contributed by atoms with Crippen LogP contribution in [0.4, 0.5) is 0 Å². The quantitative estimate of drug-likeness (QED) is 0.552. The number of phenols is 1. The maximum absolute atomic E-state index is 12.0. The smallest absolute Gasteiger partial charge is 0.380 e. The minimum atomic E-state index is -1.02. The lowest BCUT2D eigenvalue weighted by Crippen LogP contribution is -2.22. The maximum atomic E-state index is 12.0. The fourth-order valence-electron chi connectivity index (χ4n) is 1.99. The first-order valence-electron chi connectivity index (χ1n) is 6.15. The molecule has 0 radical (unpaired) electrons. The first-order valence-corrected chi connectivity index (χ1v) is 6.15. The number of hydrogen-bond donors (Lipinski definition) is 4. The van der Waals surface area contributed by atoms with Crippen LogP contribution < -0.4 is 10.3 Å². The molecule has 2 heterocycles. The van der Waals surface area contributed by atoms with E-state index in [0.29, 0.717) is 4.73 Å². The molecule has 0 spiro atoms. The zero-order valence-corrected chi connectivity index (χ0v) is 11.0. The van der Waals surface area contributed by atoms with Crippen LogP contribution >= 0.6 is 0 Å². The van der Waals surface area contributed by atoms with Crippen LogP contribution in [0, 0.1) is 0 Å². The fourth-order valence-corrected chi connectivity index (χ4v) is 1.99. The van der Waals surface area contributed by atoms with E-state index in [4.69, 9.17) is 4.84 Å². The van der Waals surface area contributed by atoms with E-state index in [1.54, 1.807) is 0 Å². The molecule has 0 aliphatic carbocycles. The third-order valence-electron chi connectivity index (χ3n) is 3.03. The molecular weight excluding hydrogens is 292 g/mol. The zero-order valence-electron chi connectivity index (χ0n) is 11.0. The molecule has 3 rings (SSSR count). The molecule has 22 heavy (non-hydrogen) atoms. The van der Waals surface area contributed by atoms with Crippen LogP contribution in [-0.2, 0) is 0 Å². The topological polar surface area (TPSA) is 125 Å². The Bertz CT molecular complexity index is 921. The molecule has 0 aliphatic rings. The van der Waals surface area contributed by atoms with Crippen molar-refractivity contribution in [2.45, 2.75) is 0 Å². The van der Waals surface area contributed by atoms with Crippen molar-refractivity contribution in [1.82, 2.24) is 9.71 Å². The molecule has 1 aromatic carbocycles. The molecule has 3 aromatic rings. The van der Waals surface area contributed by atoms with Gasteiger partial charge in [0.2, 0.25) is 11.8 Å². The summed E-state index contributed by atoms with van der Waals surface area (Å²) < 4.78 is 0.496. The van der Waals surface area contributed by atoms with Gasteiger partial charge in [-0.1, -0.05) is 6.07 Å². The summed E-state index contributed by atoms with van der Waals surface area (Å²) in [6.07, 6.45) is 0. The molecule has 0 saturated heterocycles. The number of hydrogen-bond acceptors (Lipinski definition) is 6. The Morgan fingerprint density at radius 1 is 1.09 bits per heavy atom. The number of aromatic nitrogens is 2. The van der Waals surface area contributed by atoms with Gasteiger partial charge in [0, 0.05) is 23.6 Å². The van der Waals surface area contributed by atoms with Crippen molar-refractivity contribution >= 4 is 16.9 Å².